The van der Waals surface area contributed by atoms with Crippen LogP contribution in [0.15, 0.2) is 54.7 Å². The number of amides is 1. The first-order chi connectivity index (χ1) is 14.4. The topological polar surface area (TPSA) is 116 Å². The Balaban J connectivity index is 1.86. The molecule has 0 radical (unpaired) electrons. The van der Waals surface area contributed by atoms with Crippen molar-refractivity contribution in [1.82, 2.24) is 9.78 Å². The number of nitrogens with zero attached hydrogens (tertiary/aromatic N) is 3. The maximum absolute atomic E-state index is 12.7. The fraction of sp³-hybridized carbons (Fsp3) is 0.150. The van der Waals surface area contributed by atoms with Crippen LogP contribution >= 0.6 is 11.6 Å². The molecule has 154 valence electrons. The fourth-order valence-corrected chi connectivity index (χ4v) is 2.92. The lowest BCUT2D eigenvalue weighted by Crippen LogP contribution is -2.17. The lowest BCUT2D eigenvalue weighted by atomic mass is 10.1. The Labute approximate surface area is 176 Å². The van der Waals surface area contributed by atoms with E-state index in [0.29, 0.717) is 17.4 Å². The van der Waals surface area contributed by atoms with Gasteiger partial charge in [-0.2, -0.15) is 5.10 Å². The van der Waals surface area contributed by atoms with Gasteiger partial charge < -0.3 is 10.1 Å². The van der Waals surface area contributed by atoms with Crippen LogP contribution in [0.4, 0.5) is 11.5 Å². The molecular weight excluding hydrogens is 412 g/mol. The zero-order valence-electron chi connectivity index (χ0n) is 15.9. The first-order valence-corrected chi connectivity index (χ1v) is 9.30. The molecule has 1 amide bonds. The van der Waals surface area contributed by atoms with E-state index in [1.807, 2.05) is 12.1 Å². The zero-order chi connectivity index (χ0) is 21.7. The summed E-state index contributed by atoms with van der Waals surface area (Å²) in [6, 6.07) is 12.2. The monoisotopic (exact) mass is 428 g/mol. The second kappa shape index (κ2) is 9.19. The summed E-state index contributed by atoms with van der Waals surface area (Å²) in [5, 5.41) is 18.6. The molecule has 0 fully saturated rings. The Morgan fingerprint density at radius 1 is 1.20 bits per heavy atom. The SMILES string of the molecule is CCOC(=O)c1cc(C(=O)Nc2ccnn2Cc2ccccc2Cl)cc([N+](=O)[O-])c1. The standard InChI is InChI=1S/C20H17ClN4O5/c1-2-30-20(27)15-9-14(10-16(11-15)25(28)29)19(26)23-18-7-8-22-24(18)12-13-5-3-4-6-17(13)21/h3-11H,2,12H2,1H3,(H,23,26). The van der Waals surface area contributed by atoms with Gasteiger partial charge in [0.1, 0.15) is 5.82 Å². The smallest absolute Gasteiger partial charge is 0.338 e. The number of benzene rings is 2. The first kappa shape index (κ1) is 21.0. The van der Waals surface area contributed by atoms with E-state index in [4.69, 9.17) is 16.3 Å². The summed E-state index contributed by atoms with van der Waals surface area (Å²) >= 11 is 6.18. The van der Waals surface area contributed by atoms with E-state index in [1.165, 1.54) is 16.9 Å². The highest BCUT2D eigenvalue weighted by atomic mass is 35.5. The van der Waals surface area contributed by atoms with Gasteiger partial charge in [0.05, 0.1) is 29.8 Å². The second-order valence-corrected chi connectivity index (χ2v) is 6.57. The molecule has 3 rings (SSSR count). The number of ether oxygens (including phenoxy) is 1. The number of aromatic nitrogens is 2. The Kier molecular flexibility index (Phi) is 6.43. The van der Waals surface area contributed by atoms with Crippen LogP contribution in [-0.2, 0) is 11.3 Å². The summed E-state index contributed by atoms with van der Waals surface area (Å²) in [5.41, 5.74) is 0.270. The van der Waals surface area contributed by atoms with Crippen molar-refractivity contribution in [2.45, 2.75) is 13.5 Å². The van der Waals surface area contributed by atoms with Crippen LogP contribution in [0, 0.1) is 10.1 Å². The van der Waals surface area contributed by atoms with Crippen LogP contribution in [0.1, 0.15) is 33.2 Å². The number of esters is 1. The summed E-state index contributed by atoms with van der Waals surface area (Å²) in [6.45, 7) is 2.03. The van der Waals surface area contributed by atoms with E-state index in [0.717, 1.165) is 17.7 Å². The Morgan fingerprint density at radius 2 is 1.93 bits per heavy atom. The number of carbonyl (C=O) groups is 2. The van der Waals surface area contributed by atoms with Gasteiger partial charge in [-0.3, -0.25) is 14.9 Å². The third-order valence-corrected chi connectivity index (χ3v) is 4.51. The molecule has 0 aliphatic carbocycles. The van der Waals surface area contributed by atoms with E-state index < -0.39 is 22.5 Å². The number of nitro benzene ring substituents is 1. The number of anilines is 1. The van der Waals surface area contributed by atoms with Gasteiger partial charge in [-0.25, -0.2) is 9.48 Å². The fourth-order valence-electron chi connectivity index (χ4n) is 2.72. The Bertz CT molecular complexity index is 1110. The Hall–Kier alpha value is -3.72. The average Bonchev–Trinajstić information content (AvgIpc) is 3.16. The van der Waals surface area contributed by atoms with E-state index in [1.54, 1.807) is 25.1 Å². The molecule has 1 aromatic heterocycles. The molecule has 0 aliphatic heterocycles. The number of hydrogen-bond acceptors (Lipinski definition) is 6. The zero-order valence-corrected chi connectivity index (χ0v) is 16.6. The van der Waals surface area contributed by atoms with Gasteiger partial charge in [-0.05, 0) is 24.6 Å². The summed E-state index contributed by atoms with van der Waals surface area (Å²) in [7, 11) is 0. The van der Waals surface area contributed by atoms with Crippen LogP contribution in [0.5, 0.6) is 0 Å². The molecule has 0 spiro atoms. The maximum atomic E-state index is 12.7. The molecule has 0 saturated heterocycles. The predicted octanol–water partition coefficient (Wildman–Crippen LogP) is 3.92. The van der Waals surface area contributed by atoms with Crippen LogP contribution in [0.2, 0.25) is 5.02 Å². The third-order valence-electron chi connectivity index (χ3n) is 4.14. The molecule has 9 nitrogen and oxygen atoms in total. The molecule has 1 heterocycles. The third kappa shape index (κ3) is 4.81. The molecule has 0 saturated carbocycles. The van der Waals surface area contributed by atoms with Crippen molar-refractivity contribution in [3.63, 3.8) is 0 Å². The van der Waals surface area contributed by atoms with Gasteiger partial charge in [0, 0.05) is 28.8 Å². The summed E-state index contributed by atoms with van der Waals surface area (Å²) < 4.78 is 6.41. The molecule has 0 aliphatic rings. The van der Waals surface area contributed by atoms with Gasteiger partial charge >= 0.3 is 5.97 Å². The van der Waals surface area contributed by atoms with Crippen molar-refractivity contribution >= 4 is 35.0 Å². The molecular formula is C20H17ClN4O5. The maximum Gasteiger partial charge on any atom is 0.338 e. The highest BCUT2D eigenvalue weighted by Crippen LogP contribution is 2.21. The minimum Gasteiger partial charge on any atom is -0.462 e. The largest absolute Gasteiger partial charge is 0.462 e. The normalized spacial score (nSPS) is 10.5. The van der Waals surface area contributed by atoms with Gasteiger partial charge in [-0.15, -0.1) is 0 Å². The summed E-state index contributed by atoms with van der Waals surface area (Å²) in [4.78, 5) is 35.3. The van der Waals surface area contributed by atoms with Crippen molar-refractivity contribution < 1.29 is 19.2 Å². The minimum absolute atomic E-state index is 0.0576. The molecule has 0 unspecified atom stereocenters. The second-order valence-electron chi connectivity index (χ2n) is 6.17. The molecule has 3 aromatic rings. The van der Waals surface area contributed by atoms with E-state index in [9.17, 15) is 19.7 Å². The average molecular weight is 429 g/mol. The molecule has 0 atom stereocenters. The van der Waals surface area contributed by atoms with E-state index in [-0.39, 0.29) is 17.7 Å². The van der Waals surface area contributed by atoms with Crippen molar-refractivity contribution in [1.29, 1.82) is 0 Å². The van der Waals surface area contributed by atoms with Crippen molar-refractivity contribution in [2.75, 3.05) is 11.9 Å². The molecule has 0 bridgehead atoms. The van der Waals surface area contributed by atoms with Crippen LogP contribution in [0.25, 0.3) is 0 Å². The number of hydrogen-bond donors (Lipinski definition) is 1. The Morgan fingerprint density at radius 3 is 2.63 bits per heavy atom. The molecule has 10 heteroatoms. The van der Waals surface area contributed by atoms with Gasteiger partial charge in [-0.1, -0.05) is 29.8 Å². The number of rotatable bonds is 7. The van der Waals surface area contributed by atoms with Crippen molar-refractivity contribution in [3.8, 4) is 0 Å². The number of nitro groups is 1. The van der Waals surface area contributed by atoms with E-state index in [2.05, 4.69) is 10.4 Å². The first-order valence-electron chi connectivity index (χ1n) is 8.92. The quantitative estimate of drug-likeness (QED) is 0.346. The molecule has 2 aromatic carbocycles. The number of nitrogens with one attached hydrogen (secondary N) is 1. The lowest BCUT2D eigenvalue weighted by Gasteiger charge is -2.11. The predicted molar refractivity (Wildman–Crippen MR) is 110 cm³/mol. The van der Waals surface area contributed by atoms with Crippen molar-refractivity contribution in [3.05, 3.63) is 86.6 Å². The highest BCUT2D eigenvalue weighted by molar-refractivity contribution is 6.31. The van der Waals surface area contributed by atoms with Crippen molar-refractivity contribution in [2.24, 2.45) is 0 Å². The summed E-state index contributed by atoms with van der Waals surface area (Å²) in [6.07, 6.45) is 1.50. The van der Waals surface area contributed by atoms with Gasteiger partial charge in [0.25, 0.3) is 11.6 Å². The molecule has 1 N–H and O–H groups in total. The van der Waals surface area contributed by atoms with E-state index >= 15 is 0 Å². The molecule has 30 heavy (non-hydrogen) atoms. The number of halogens is 1. The number of carbonyl (C=O) groups excluding carboxylic acids is 2. The van der Waals surface area contributed by atoms with Crippen LogP contribution in [-0.4, -0.2) is 33.2 Å². The lowest BCUT2D eigenvalue weighted by molar-refractivity contribution is -0.384. The summed E-state index contributed by atoms with van der Waals surface area (Å²) in [5.74, 6) is -1.02. The van der Waals surface area contributed by atoms with Crippen LogP contribution < -0.4 is 5.32 Å². The van der Waals surface area contributed by atoms with Crippen LogP contribution in [0.3, 0.4) is 0 Å². The van der Waals surface area contributed by atoms with Gasteiger partial charge in [0.15, 0.2) is 0 Å². The highest BCUT2D eigenvalue weighted by Gasteiger charge is 2.19. The van der Waals surface area contributed by atoms with Gasteiger partial charge in [0.2, 0.25) is 0 Å². The minimum atomic E-state index is -0.751. The number of non-ortho nitro benzene ring substituents is 1.